The summed E-state index contributed by atoms with van der Waals surface area (Å²) in [5.74, 6) is 0.399. The normalized spacial score (nSPS) is 14.7. The van der Waals surface area contributed by atoms with Crippen LogP contribution in [-0.4, -0.2) is 53.8 Å². The van der Waals surface area contributed by atoms with Gasteiger partial charge in [0.15, 0.2) is 0 Å². The van der Waals surface area contributed by atoms with Gasteiger partial charge in [0, 0.05) is 38.7 Å². The van der Waals surface area contributed by atoms with Crippen molar-refractivity contribution < 1.29 is 9.59 Å². The lowest BCUT2D eigenvalue weighted by molar-refractivity contribution is -0.130. The van der Waals surface area contributed by atoms with Gasteiger partial charge >= 0.3 is 0 Å². The molecule has 0 unspecified atom stereocenters. The molecule has 0 spiro atoms. The van der Waals surface area contributed by atoms with E-state index >= 15 is 0 Å². The van der Waals surface area contributed by atoms with Crippen molar-refractivity contribution in [2.24, 2.45) is 4.99 Å². The Morgan fingerprint density at radius 3 is 2.07 bits per heavy atom. The fourth-order valence-corrected chi connectivity index (χ4v) is 3.22. The quantitative estimate of drug-likeness (QED) is 0.645. The van der Waals surface area contributed by atoms with Gasteiger partial charge in [0.1, 0.15) is 0 Å². The minimum absolute atomic E-state index is 0.0710. The molecule has 3 rings (SSSR count). The molecule has 0 atom stereocenters. The van der Waals surface area contributed by atoms with E-state index in [1.54, 1.807) is 6.92 Å². The molecule has 1 saturated heterocycles. The Kier molecular flexibility index (Phi) is 6.65. The number of nitrogens with one attached hydrogen (secondary N) is 1. The second-order valence-electron chi connectivity index (χ2n) is 7.27. The topological polar surface area (TPSA) is 65.0 Å². The summed E-state index contributed by atoms with van der Waals surface area (Å²) in [6.45, 7) is 8.17. The predicted molar refractivity (Wildman–Crippen MR) is 115 cm³/mol. The number of amides is 2. The molecule has 0 radical (unpaired) electrons. The minimum atomic E-state index is -0.187. The lowest BCUT2D eigenvalue weighted by Crippen LogP contribution is -2.54. The summed E-state index contributed by atoms with van der Waals surface area (Å²) in [6, 6.07) is 15.5. The number of aliphatic imine (C=N–C) groups is 1. The Hall–Kier alpha value is -3.15. The van der Waals surface area contributed by atoms with Crippen molar-refractivity contribution in [1.29, 1.82) is 0 Å². The standard InChI is InChI=1S/C23H28N4O2/c1-4-19-7-9-20(10-8-19)22(29)25-23(24-21-11-5-17(2)6-12-21)27-15-13-26(14-16-27)18(3)28/h5-12H,4,13-16H2,1-3H3,(H,24,25,29). The lowest BCUT2D eigenvalue weighted by Gasteiger charge is -2.35. The van der Waals surface area contributed by atoms with E-state index in [0.29, 0.717) is 37.7 Å². The molecule has 1 aliphatic heterocycles. The van der Waals surface area contributed by atoms with Gasteiger partial charge in [0.2, 0.25) is 11.9 Å². The van der Waals surface area contributed by atoms with Gasteiger partial charge in [-0.2, -0.15) is 0 Å². The Balaban J connectivity index is 1.81. The van der Waals surface area contributed by atoms with Crippen LogP contribution in [0.2, 0.25) is 0 Å². The van der Waals surface area contributed by atoms with Gasteiger partial charge in [-0.15, -0.1) is 0 Å². The predicted octanol–water partition coefficient (Wildman–Crippen LogP) is 3.14. The molecule has 29 heavy (non-hydrogen) atoms. The third-order valence-electron chi connectivity index (χ3n) is 5.14. The van der Waals surface area contributed by atoms with Crippen LogP contribution in [0.15, 0.2) is 53.5 Å². The smallest absolute Gasteiger partial charge is 0.257 e. The Morgan fingerprint density at radius 2 is 1.52 bits per heavy atom. The number of guanidine groups is 1. The molecule has 6 heteroatoms. The van der Waals surface area contributed by atoms with E-state index in [1.165, 1.54) is 5.56 Å². The number of hydrogen-bond donors (Lipinski definition) is 1. The molecule has 2 amide bonds. The van der Waals surface area contributed by atoms with Crippen LogP contribution in [0.25, 0.3) is 0 Å². The van der Waals surface area contributed by atoms with E-state index in [9.17, 15) is 9.59 Å². The van der Waals surface area contributed by atoms with Crippen LogP contribution in [0.1, 0.15) is 35.3 Å². The molecule has 152 valence electrons. The molecule has 0 aliphatic carbocycles. The van der Waals surface area contributed by atoms with Crippen molar-refractivity contribution in [2.45, 2.75) is 27.2 Å². The summed E-state index contributed by atoms with van der Waals surface area (Å²) >= 11 is 0. The van der Waals surface area contributed by atoms with Gasteiger partial charge in [-0.1, -0.05) is 36.8 Å². The molecule has 2 aromatic carbocycles. The fourth-order valence-electron chi connectivity index (χ4n) is 3.22. The minimum Gasteiger partial charge on any atom is -0.339 e. The molecule has 0 aromatic heterocycles. The number of aryl methyl sites for hydroxylation is 2. The summed E-state index contributed by atoms with van der Waals surface area (Å²) in [5, 5.41) is 2.98. The lowest BCUT2D eigenvalue weighted by atomic mass is 10.1. The van der Waals surface area contributed by atoms with Crippen LogP contribution in [0.3, 0.4) is 0 Å². The summed E-state index contributed by atoms with van der Waals surface area (Å²) in [7, 11) is 0. The SMILES string of the molecule is CCc1ccc(C(=O)NC(=Nc2ccc(C)cc2)N2CCN(C(C)=O)CC2)cc1. The highest BCUT2D eigenvalue weighted by molar-refractivity contribution is 6.06. The second kappa shape index (κ2) is 9.37. The molecule has 1 fully saturated rings. The first-order chi connectivity index (χ1) is 14.0. The molecule has 0 saturated carbocycles. The zero-order valence-electron chi connectivity index (χ0n) is 17.3. The third kappa shape index (κ3) is 5.44. The first kappa shape index (κ1) is 20.6. The number of benzene rings is 2. The monoisotopic (exact) mass is 392 g/mol. The number of hydrogen-bond acceptors (Lipinski definition) is 3. The zero-order chi connectivity index (χ0) is 20.8. The van der Waals surface area contributed by atoms with Gasteiger partial charge in [-0.05, 0) is 43.2 Å². The number of piperazine rings is 1. The maximum atomic E-state index is 12.8. The number of carbonyl (C=O) groups is 2. The van der Waals surface area contributed by atoms with Crippen molar-refractivity contribution in [3.05, 3.63) is 65.2 Å². The van der Waals surface area contributed by atoms with Crippen molar-refractivity contribution in [3.63, 3.8) is 0 Å². The van der Waals surface area contributed by atoms with Gasteiger partial charge < -0.3 is 9.80 Å². The van der Waals surface area contributed by atoms with Crippen LogP contribution in [-0.2, 0) is 11.2 Å². The zero-order valence-corrected chi connectivity index (χ0v) is 17.3. The average Bonchev–Trinajstić information content (AvgIpc) is 2.75. The second-order valence-corrected chi connectivity index (χ2v) is 7.27. The third-order valence-corrected chi connectivity index (χ3v) is 5.14. The van der Waals surface area contributed by atoms with Crippen molar-refractivity contribution in [2.75, 3.05) is 26.2 Å². The molecule has 1 heterocycles. The van der Waals surface area contributed by atoms with Gasteiger partial charge in [-0.3, -0.25) is 14.9 Å². The van der Waals surface area contributed by atoms with E-state index in [1.807, 2.05) is 65.3 Å². The van der Waals surface area contributed by atoms with Crippen LogP contribution in [0.4, 0.5) is 5.69 Å². The van der Waals surface area contributed by atoms with Crippen LogP contribution in [0.5, 0.6) is 0 Å². The molecular formula is C23H28N4O2. The maximum absolute atomic E-state index is 12.8. The molecular weight excluding hydrogens is 364 g/mol. The maximum Gasteiger partial charge on any atom is 0.257 e. The highest BCUT2D eigenvalue weighted by Crippen LogP contribution is 2.15. The summed E-state index contributed by atoms with van der Waals surface area (Å²) in [4.78, 5) is 33.0. The molecule has 2 aromatic rings. The van der Waals surface area contributed by atoms with Crippen molar-refractivity contribution in [1.82, 2.24) is 15.1 Å². The Morgan fingerprint density at radius 1 is 0.931 bits per heavy atom. The molecule has 1 N–H and O–H groups in total. The largest absolute Gasteiger partial charge is 0.339 e. The average molecular weight is 393 g/mol. The molecule has 0 bridgehead atoms. The number of carbonyl (C=O) groups excluding carboxylic acids is 2. The van der Waals surface area contributed by atoms with Gasteiger partial charge in [-0.25, -0.2) is 4.99 Å². The van der Waals surface area contributed by atoms with Gasteiger partial charge in [0.05, 0.1) is 5.69 Å². The Bertz CT molecular complexity index is 880. The summed E-state index contributed by atoms with van der Waals surface area (Å²) in [5.41, 5.74) is 3.72. The van der Waals surface area contributed by atoms with Crippen LogP contribution in [0, 0.1) is 6.92 Å². The van der Waals surface area contributed by atoms with Crippen LogP contribution >= 0.6 is 0 Å². The summed E-state index contributed by atoms with van der Waals surface area (Å²) in [6.07, 6.45) is 0.933. The van der Waals surface area contributed by atoms with E-state index in [-0.39, 0.29) is 11.8 Å². The molecule has 1 aliphatic rings. The first-order valence-corrected chi connectivity index (χ1v) is 10.0. The number of rotatable bonds is 3. The fraction of sp³-hybridized carbons (Fsp3) is 0.348. The van der Waals surface area contributed by atoms with E-state index in [2.05, 4.69) is 12.2 Å². The molecule has 6 nitrogen and oxygen atoms in total. The van der Waals surface area contributed by atoms with Crippen molar-refractivity contribution in [3.8, 4) is 0 Å². The van der Waals surface area contributed by atoms with E-state index in [4.69, 9.17) is 4.99 Å². The number of nitrogens with zero attached hydrogens (tertiary/aromatic N) is 3. The van der Waals surface area contributed by atoms with Gasteiger partial charge in [0.25, 0.3) is 5.91 Å². The van der Waals surface area contributed by atoms with E-state index in [0.717, 1.165) is 17.7 Å². The van der Waals surface area contributed by atoms with E-state index < -0.39 is 0 Å². The highest BCUT2D eigenvalue weighted by atomic mass is 16.2. The van der Waals surface area contributed by atoms with Crippen molar-refractivity contribution >= 4 is 23.5 Å². The Labute approximate surface area is 172 Å². The summed E-state index contributed by atoms with van der Waals surface area (Å²) < 4.78 is 0. The highest BCUT2D eigenvalue weighted by Gasteiger charge is 2.23. The first-order valence-electron chi connectivity index (χ1n) is 10.0. The van der Waals surface area contributed by atoms with Crippen LogP contribution < -0.4 is 5.32 Å².